The molecule has 0 radical (unpaired) electrons. The molecule has 0 aromatic carbocycles. The summed E-state index contributed by atoms with van der Waals surface area (Å²) >= 11 is 0. The van der Waals surface area contributed by atoms with Gasteiger partial charge in [0.1, 0.15) is 5.78 Å². The monoisotopic (exact) mass is 182 g/mol. The number of hydrogen-bond donors (Lipinski definition) is 1. The Labute approximate surface area is 79.3 Å². The smallest absolute Gasteiger partial charge is 0.141 e. The lowest BCUT2D eigenvalue weighted by Crippen LogP contribution is -2.46. The summed E-state index contributed by atoms with van der Waals surface area (Å²) in [4.78, 5) is 11.8. The zero-order chi connectivity index (χ0) is 9.31. The van der Waals surface area contributed by atoms with E-state index in [9.17, 15) is 9.90 Å². The second kappa shape index (κ2) is 3.41. The number of aliphatic hydroxyl groups is 1. The highest BCUT2D eigenvalue weighted by atomic mass is 16.3. The summed E-state index contributed by atoms with van der Waals surface area (Å²) < 4.78 is 0. The molecule has 2 aliphatic carbocycles. The maximum atomic E-state index is 11.8. The van der Waals surface area contributed by atoms with Crippen LogP contribution in [0.4, 0.5) is 0 Å². The van der Waals surface area contributed by atoms with E-state index in [-0.39, 0.29) is 11.5 Å². The van der Waals surface area contributed by atoms with Gasteiger partial charge >= 0.3 is 0 Å². The Morgan fingerprint density at radius 2 is 1.85 bits per heavy atom. The summed E-state index contributed by atoms with van der Waals surface area (Å²) in [6.07, 6.45) is 7.46. The minimum atomic E-state index is -0.339. The van der Waals surface area contributed by atoms with Gasteiger partial charge in [0.05, 0.1) is 11.5 Å². The van der Waals surface area contributed by atoms with E-state index in [0.717, 1.165) is 44.9 Å². The van der Waals surface area contributed by atoms with E-state index in [0.29, 0.717) is 12.2 Å². The Balaban J connectivity index is 2.18. The van der Waals surface area contributed by atoms with Crippen LogP contribution in [0.15, 0.2) is 0 Å². The van der Waals surface area contributed by atoms with Gasteiger partial charge in [-0.1, -0.05) is 19.3 Å². The molecule has 1 unspecified atom stereocenters. The molecular weight excluding hydrogens is 164 g/mol. The molecule has 2 atom stereocenters. The number of carbonyl (C=O) groups is 1. The molecule has 2 saturated carbocycles. The number of Topliss-reactive ketones (excluding diaryl/α,β-unsaturated/α-hetero) is 1. The van der Waals surface area contributed by atoms with Crippen molar-refractivity contribution in [3.8, 4) is 0 Å². The molecule has 2 rings (SSSR count). The van der Waals surface area contributed by atoms with Gasteiger partial charge < -0.3 is 5.11 Å². The van der Waals surface area contributed by atoms with E-state index in [4.69, 9.17) is 0 Å². The molecule has 2 aliphatic rings. The van der Waals surface area contributed by atoms with E-state index in [1.807, 2.05) is 0 Å². The molecule has 2 nitrogen and oxygen atoms in total. The minimum Gasteiger partial charge on any atom is -0.392 e. The predicted octanol–water partition coefficient (Wildman–Crippen LogP) is 2.05. The molecule has 0 bridgehead atoms. The van der Waals surface area contributed by atoms with Gasteiger partial charge in [-0.05, 0) is 25.7 Å². The molecule has 0 aromatic heterocycles. The van der Waals surface area contributed by atoms with Gasteiger partial charge in [-0.2, -0.15) is 0 Å². The fourth-order valence-corrected chi connectivity index (χ4v) is 2.95. The van der Waals surface area contributed by atoms with Gasteiger partial charge in [0, 0.05) is 6.42 Å². The van der Waals surface area contributed by atoms with Crippen molar-refractivity contribution in [2.24, 2.45) is 5.41 Å². The lowest BCUT2D eigenvalue weighted by molar-refractivity contribution is -0.143. The maximum absolute atomic E-state index is 11.8. The Morgan fingerprint density at radius 3 is 2.54 bits per heavy atom. The topological polar surface area (TPSA) is 37.3 Å². The summed E-state index contributed by atoms with van der Waals surface area (Å²) in [5, 5.41) is 9.93. The summed E-state index contributed by atoms with van der Waals surface area (Å²) in [5.41, 5.74) is -0.309. The average Bonchev–Trinajstić information content (AvgIpc) is 2.15. The highest BCUT2D eigenvalue weighted by Crippen LogP contribution is 2.45. The van der Waals surface area contributed by atoms with Crippen LogP contribution in [0.3, 0.4) is 0 Å². The second-order valence-electron chi connectivity index (χ2n) is 4.55. The molecule has 1 N–H and O–H groups in total. The lowest BCUT2D eigenvalue weighted by Gasteiger charge is -2.42. The van der Waals surface area contributed by atoms with Crippen molar-refractivity contribution in [1.82, 2.24) is 0 Å². The van der Waals surface area contributed by atoms with Crippen molar-refractivity contribution in [2.75, 3.05) is 0 Å². The van der Waals surface area contributed by atoms with Crippen LogP contribution in [-0.2, 0) is 4.79 Å². The van der Waals surface area contributed by atoms with Crippen molar-refractivity contribution in [2.45, 2.75) is 57.5 Å². The standard InChI is InChI=1S/C11H18O2/c12-9-5-1-3-7-11(9)8-4-2-6-10(11)13/h9,12H,1-8H2/t9?,11-/m1/s1. The maximum Gasteiger partial charge on any atom is 0.141 e. The van der Waals surface area contributed by atoms with Crippen molar-refractivity contribution in [1.29, 1.82) is 0 Å². The highest BCUT2D eigenvalue weighted by Gasteiger charge is 2.46. The first-order chi connectivity index (χ1) is 6.26. The number of carbonyl (C=O) groups excluding carboxylic acids is 1. The molecule has 0 aliphatic heterocycles. The normalized spacial score (nSPS) is 41.0. The van der Waals surface area contributed by atoms with Gasteiger partial charge in [-0.15, -0.1) is 0 Å². The molecule has 13 heavy (non-hydrogen) atoms. The molecule has 2 heteroatoms. The first-order valence-electron chi connectivity index (χ1n) is 5.47. The Morgan fingerprint density at radius 1 is 1.15 bits per heavy atom. The first kappa shape index (κ1) is 9.20. The number of rotatable bonds is 0. The Bertz CT molecular complexity index is 206. The molecule has 2 fully saturated rings. The van der Waals surface area contributed by atoms with Crippen molar-refractivity contribution in [3.63, 3.8) is 0 Å². The number of hydrogen-bond acceptors (Lipinski definition) is 2. The summed E-state index contributed by atoms with van der Waals surface area (Å²) in [6, 6.07) is 0. The molecule has 0 amide bonds. The van der Waals surface area contributed by atoms with Gasteiger partial charge in [-0.3, -0.25) is 4.79 Å². The average molecular weight is 182 g/mol. The largest absolute Gasteiger partial charge is 0.392 e. The van der Waals surface area contributed by atoms with Gasteiger partial charge in [0.15, 0.2) is 0 Å². The van der Waals surface area contributed by atoms with Crippen LogP contribution in [0.25, 0.3) is 0 Å². The lowest BCUT2D eigenvalue weighted by atomic mass is 9.63. The molecular formula is C11H18O2. The van der Waals surface area contributed by atoms with E-state index in [2.05, 4.69) is 0 Å². The van der Waals surface area contributed by atoms with Crippen LogP contribution in [0.2, 0.25) is 0 Å². The van der Waals surface area contributed by atoms with Crippen LogP contribution in [0.1, 0.15) is 51.4 Å². The van der Waals surface area contributed by atoms with Crippen LogP contribution in [0.5, 0.6) is 0 Å². The van der Waals surface area contributed by atoms with Crippen LogP contribution >= 0.6 is 0 Å². The second-order valence-corrected chi connectivity index (χ2v) is 4.55. The van der Waals surface area contributed by atoms with Crippen molar-refractivity contribution in [3.05, 3.63) is 0 Å². The predicted molar refractivity (Wildman–Crippen MR) is 50.4 cm³/mol. The fourth-order valence-electron chi connectivity index (χ4n) is 2.95. The zero-order valence-corrected chi connectivity index (χ0v) is 8.09. The summed E-state index contributed by atoms with van der Waals surface area (Å²) in [7, 11) is 0. The third kappa shape index (κ3) is 1.41. The van der Waals surface area contributed by atoms with Crippen LogP contribution in [0, 0.1) is 5.41 Å². The minimum absolute atomic E-state index is 0.309. The molecule has 0 saturated heterocycles. The molecule has 1 spiro atoms. The zero-order valence-electron chi connectivity index (χ0n) is 8.09. The third-order valence-corrected chi connectivity index (χ3v) is 3.82. The summed E-state index contributed by atoms with van der Waals surface area (Å²) in [6.45, 7) is 0. The van der Waals surface area contributed by atoms with Crippen molar-refractivity contribution < 1.29 is 9.90 Å². The molecule has 74 valence electrons. The van der Waals surface area contributed by atoms with Gasteiger partial charge in [-0.25, -0.2) is 0 Å². The van der Waals surface area contributed by atoms with Gasteiger partial charge in [0.2, 0.25) is 0 Å². The third-order valence-electron chi connectivity index (χ3n) is 3.82. The number of aliphatic hydroxyl groups excluding tert-OH is 1. The van der Waals surface area contributed by atoms with E-state index in [1.165, 1.54) is 0 Å². The fraction of sp³-hybridized carbons (Fsp3) is 0.909. The van der Waals surface area contributed by atoms with Crippen molar-refractivity contribution >= 4 is 5.78 Å². The van der Waals surface area contributed by atoms with Crippen LogP contribution < -0.4 is 0 Å². The van der Waals surface area contributed by atoms with Gasteiger partial charge in [0.25, 0.3) is 0 Å². The quantitative estimate of drug-likeness (QED) is 0.622. The Kier molecular flexibility index (Phi) is 2.41. The highest BCUT2D eigenvalue weighted by molar-refractivity contribution is 5.86. The van der Waals surface area contributed by atoms with Crippen LogP contribution in [-0.4, -0.2) is 17.0 Å². The summed E-state index contributed by atoms with van der Waals surface area (Å²) in [5.74, 6) is 0.339. The first-order valence-corrected chi connectivity index (χ1v) is 5.47. The number of ketones is 1. The molecule has 0 heterocycles. The Hall–Kier alpha value is -0.370. The molecule has 0 aromatic rings. The van der Waals surface area contributed by atoms with E-state index >= 15 is 0 Å². The van der Waals surface area contributed by atoms with E-state index in [1.54, 1.807) is 0 Å². The van der Waals surface area contributed by atoms with E-state index < -0.39 is 0 Å². The SMILES string of the molecule is O=C1CCCC[C@@]12CCCCC2O.